The van der Waals surface area contributed by atoms with Crippen LogP contribution in [-0.2, 0) is 16.4 Å². The first kappa shape index (κ1) is 21.8. The van der Waals surface area contributed by atoms with E-state index in [0.29, 0.717) is 36.0 Å². The van der Waals surface area contributed by atoms with Crippen molar-refractivity contribution in [2.45, 2.75) is 16.5 Å². The number of ether oxygens (including phenoxy) is 3. The molecule has 9 nitrogen and oxygen atoms in total. The summed E-state index contributed by atoms with van der Waals surface area (Å²) < 4.78 is 49.7. The number of oxazole rings is 1. The minimum absolute atomic E-state index is 0.0136. The van der Waals surface area contributed by atoms with Gasteiger partial charge < -0.3 is 23.9 Å². The van der Waals surface area contributed by atoms with E-state index in [1.165, 1.54) is 19.2 Å². The van der Waals surface area contributed by atoms with Gasteiger partial charge in [0.2, 0.25) is 26.6 Å². The van der Waals surface area contributed by atoms with Crippen LogP contribution in [0.1, 0.15) is 5.56 Å². The van der Waals surface area contributed by atoms with E-state index in [0.717, 1.165) is 5.56 Å². The van der Waals surface area contributed by atoms with Gasteiger partial charge in [-0.05, 0) is 35.9 Å². The molecule has 0 saturated heterocycles. The smallest absolute Gasteiger partial charge is 0.234 e. The average Bonchev–Trinajstić information content (AvgIpc) is 3.33. The van der Waals surface area contributed by atoms with Gasteiger partial charge in [0.05, 0.1) is 17.6 Å². The SMILES string of the molecule is COc1ccccc1-c1nc(S(=O)(=O)c2ccc3c(c2)OCCO3)c(NCc2cccnc2)o1. The predicted octanol–water partition coefficient (Wildman–Crippen LogP) is 3.96. The summed E-state index contributed by atoms with van der Waals surface area (Å²) in [5.74, 6) is 1.49. The van der Waals surface area contributed by atoms with Crippen LogP contribution in [0.25, 0.3) is 11.5 Å². The molecule has 2 aromatic carbocycles. The molecule has 0 atom stereocenters. The van der Waals surface area contributed by atoms with Crippen LogP contribution in [0.15, 0.2) is 81.3 Å². The Balaban J connectivity index is 1.58. The molecule has 1 aliphatic rings. The second-order valence-corrected chi connectivity index (χ2v) is 9.24. The zero-order valence-electron chi connectivity index (χ0n) is 18.2. The molecule has 0 saturated carbocycles. The highest BCUT2D eigenvalue weighted by molar-refractivity contribution is 7.91. The molecular weight excluding hydrogens is 458 g/mol. The first-order chi connectivity index (χ1) is 16.6. The monoisotopic (exact) mass is 479 g/mol. The van der Waals surface area contributed by atoms with Gasteiger partial charge in [-0.1, -0.05) is 18.2 Å². The normalized spacial score (nSPS) is 12.9. The fraction of sp³-hybridized carbons (Fsp3) is 0.167. The summed E-state index contributed by atoms with van der Waals surface area (Å²) in [5, 5.41) is 2.81. The number of benzene rings is 2. The summed E-state index contributed by atoms with van der Waals surface area (Å²) >= 11 is 0. The topological polar surface area (TPSA) is 113 Å². The van der Waals surface area contributed by atoms with Crippen LogP contribution in [-0.4, -0.2) is 38.7 Å². The molecule has 0 fully saturated rings. The maximum atomic E-state index is 13.6. The molecule has 0 amide bonds. The highest BCUT2D eigenvalue weighted by Crippen LogP contribution is 2.38. The zero-order chi connectivity index (χ0) is 23.5. The van der Waals surface area contributed by atoms with Crippen molar-refractivity contribution in [1.29, 1.82) is 0 Å². The van der Waals surface area contributed by atoms with E-state index >= 15 is 0 Å². The summed E-state index contributed by atoms with van der Waals surface area (Å²) in [5.41, 5.74) is 1.37. The summed E-state index contributed by atoms with van der Waals surface area (Å²) in [6.07, 6.45) is 3.34. The number of aromatic nitrogens is 2. The summed E-state index contributed by atoms with van der Waals surface area (Å²) in [6.45, 7) is 1.04. The third kappa shape index (κ3) is 4.15. The Morgan fingerprint density at radius 3 is 2.65 bits per heavy atom. The Morgan fingerprint density at radius 1 is 1.03 bits per heavy atom. The van der Waals surface area contributed by atoms with E-state index < -0.39 is 9.84 Å². The fourth-order valence-electron chi connectivity index (χ4n) is 3.52. The van der Waals surface area contributed by atoms with Gasteiger partial charge >= 0.3 is 0 Å². The number of pyridine rings is 1. The van der Waals surface area contributed by atoms with Gasteiger partial charge in [0.1, 0.15) is 19.0 Å². The van der Waals surface area contributed by atoms with Gasteiger partial charge in [0.15, 0.2) is 11.5 Å². The number of para-hydroxylation sites is 1. The standard InChI is InChI=1S/C24H21N3O6S/c1-30-19-7-3-2-6-18(19)22-27-24(23(33-22)26-15-16-5-4-10-25-14-16)34(28,29)17-8-9-20-21(13-17)32-12-11-31-20/h2-10,13-14,26H,11-12,15H2,1H3. The third-order valence-corrected chi connectivity index (χ3v) is 6.85. The van der Waals surface area contributed by atoms with Gasteiger partial charge in [0, 0.05) is 25.0 Å². The lowest BCUT2D eigenvalue weighted by atomic mass is 10.2. The molecule has 174 valence electrons. The van der Waals surface area contributed by atoms with Gasteiger partial charge in [-0.3, -0.25) is 4.98 Å². The van der Waals surface area contributed by atoms with E-state index in [4.69, 9.17) is 18.6 Å². The molecule has 5 rings (SSSR count). The van der Waals surface area contributed by atoms with E-state index in [9.17, 15) is 8.42 Å². The number of fused-ring (bicyclic) bond motifs is 1. The lowest BCUT2D eigenvalue weighted by molar-refractivity contribution is 0.171. The van der Waals surface area contributed by atoms with Crippen molar-refractivity contribution in [3.63, 3.8) is 0 Å². The molecule has 4 aromatic rings. The number of anilines is 1. The van der Waals surface area contributed by atoms with E-state index in [1.807, 2.05) is 6.07 Å². The van der Waals surface area contributed by atoms with Crippen LogP contribution >= 0.6 is 0 Å². The number of methoxy groups -OCH3 is 1. The molecular formula is C24H21N3O6S. The summed E-state index contributed by atoms with van der Waals surface area (Å²) in [7, 11) is -2.55. The first-order valence-corrected chi connectivity index (χ1v) is 12.0. The molecule has 2 aromatic heterocycles. The minimum atomic E-state index is -4.07. The number of nitrogens with zero attached hydrogens (tertiary/aromatic N) is 2. The van der Waals surface area contributed by atoms with Crippen LogP contribution in [0.2, 0.25) is 0 Å². The molecule has 0 radical (unpaired) electrons. The Morgan fingerprint density at radius 2 is 1.85 bits per heavy atom. The van der Waals surface area contributed by atoms with Crippen molar-refractivity contribution >= 4 is 15.7 Å². The number of hydrogen-bond acceptors (Lipinski definition) is 9. The van der Waals surface area contributed by atoms with Gasteiger partial charge in [-0.2, -0.15) is 4.98 Å². The summed E-state index contributed by atoms with van der Waals surface area (Å²) in [6, 6.07) is 15.2. The third-order valence-electron chi connectivity index (χ3n) is 5.19. The Labute approximate surface area is 196 Å². The van der Waals surface area contributed by atoms with Crippen molar-refractivity contribution in [3.8, 4) is 28.7 Å². The van der Waals surface area contributed by atoms with Gasteiger partial charge in [-0.25, -0.2) is 8.42 Å². The Kier molecular flexibility index (Phi) is 5.81. The van der Waals surface area contributed by atoms with Gasteiger partial charge in [0.25, 0.3) is 0 Å². The molecule has 10 heteroatoms. The average molecular weight is 480 g/mol. The van der Waals surface area contributed by atoms with Crippen molar-refractivity contribution < 1.29 is 27.0 Å². The highest BCUT2D eigenvalue weighted by Gasteiger charge is 2.30. The minimum Gasteiger partial charge on any atom is -0.496 e. The largest absolute Gasteiger partial charge is 0.496 e. The number of nitrogens with one attached hydrogen (secondary N) is 1. The predicted molar refractivity (Wildman–Crippen MR) is 123 cm³/mol. The molecule has 3 heterocycles. The highest BCUT2D eigenvalue weighted by atomic mass is 32.2. The van der Waals surface area contributed by atoms with Crippen molar-refractivity contribution in [1.82, 2.24) is 9.97 Å². The molecule has 1 aliphatic heterocycles. The van der Waals surface area contributed by atoms with Crippen LogP contribution in [0.4, 0.5) is 5.88 Å². The van der Waals surface area contributed by atoms with Gasteiger partial charge in [-0.15, -0.1) is 0 Å². The van der Waals surface area contributed by atoms with Crippen molar-refractivity contribution in [2.24, 2.45) is 0 Å². The zero-order valence-corrected chi connectivity index (χ0v) is 19.0. The van der Waals surface area contributed by atoms with E-state index in [1.54, 1.807) is 48.8 Å². The molecule has 0 unspecified atom stereocenters. The number of hydrogen-bond donors (Lipinski definition) is 1. The number of rotatable bonds is 7. The van der Waals surface area contributed by atoms with E-state index in [-0.39, 0.29) is 28.2 Å². The molecule has 34 heavy (non-hydrogen) atoms. The second kappa shape index (κ2) is 9.06. The molecule has 0 spiro atoms. The quantitative estimate of drug-likeness (QED) is 0.421. The fourth-order valence-corrected chi connectivity index (χ4v) is 4.82. The van der Waals surface area contributed by atoms with Crippen LogP contribution in [0, 0.1) is 0 Å². The van der Waals surface area contributed by atoms with Crippen LogP contribution in [0.3, 0.4) is 0 Å². The molecule has 0 bridgehead atoms. The lowest BCUT2D eigenvalue weighted by Gasteiger charge is -2.18. The lowest BCUT2D eigenvalue weighted by Crippen LogP contribution is -2.16. The Hall–Kier alpha value is -4.05. The maximum absolute atomic E-state index is 13.6. The Bertz CT molecular complexity index is 1420. The van der Waals surface area contributed by atoms with Crippen LogP contribution < -0.4 is 19.5 Å². The molecule has 0 aliphatic carbocycles. The number of sulfone groups is 1. The second-order valence-electron chi connectivity index (χ2n) is 7.38. The maximum Gasteiger partial charge on any atom is 0.234 e. The van der Waals surface area contributed by atoms with Crippen molar-refractivity contribution in [3.05, 3.63) is 72.6 Å². The van der Waals surface area contributed by atoms with Crippen molar-refractivity contribution in [2.75, 3.05) is 25.6 Å². The van der Waals surface area contributed by atoms with Crippen LogP contribution in [0.5, 0.6) is 17.2 Å². The first-order valence-electron chi connectivity index (χ1n) is 10.5. The summed E-state index contributed by atoms with van der Waals surface area (Å²) in [4.78, 5) is 8.48. The van der Waals surface area contributed by atoms with E-state index in [2.05, 4.69) is 15.3 Å². The molecule has 1 N–H and O–H groups in total.